The molecule has 2 aromatic carbocycles. The number of aryl methyl sites for hydroxylation is 2. The van der Waals surface area contributed by atoms with E-state index in [-0.39, 0.29) is 0 Å². The first-order valence-electron chi connectivity index (χ1n) is 6.13. The van der Waals surface area contributed by atoms with Crippen molar-refractivity contribution in [1.82, 2.24) is 0 Å². The summed E-state index contributed by atoms with van der Waals surface area (Å²) < 4.78 is 0. The molecule has 0 aromatic heterocycles. The van der Waals surface area contributed by atoms with E-state index >= 15 is 0 Å². The van der Waals surface area contributed by atoms with E-state index in [1.54, 1.807) is 12.1 Å². The summed E-state index contributed by atoms with van der Waals surface area (Å²) in [5.41, 5.74) is 11.7. The second kappa shape index (κ2) is 5.03. The number of nitrogens with two attached hydrogens (primary N) is 1. The largest absolute Gasteiger partial charge is 0.397 e. The van der Waals surface area contributed by atoms with Gasteiger partial charge in [-0.05, 0) is 49.2 Å². The molecular formula is C16H17N3. The Morgan fingerprint density at radius 2 is 1.79 bits per heavy atom. The SMILES string of the molecule is Cc1ccc(C)c(N(C)c2ccc(C#N)cc2N)c1. The number of nitrogens with zero attached hydrogens (tertiary/aromatic N) is 2. The van der Waals surface area contributed by atoms with Crippen LogP contribution < -0.4 is 10.6 Å². The van der Waals surface area contributed by atoms with Crippen LogP contribution in [0.15, 0.2) is 36.4 Å². The van der Waals surface area contributed by atoms with Crippen LogP contribution in [0.3, 0.4) is 0 Å². The number of nitrogen functional groups attached to an aromatic ring is 1. The fraction of sp³-hybridized carbons (Fsp3) is 0.188. The monoisotopic (exact) mass is 251 g/mol. The lowest BCUT2D eigenvalue weighted by Crippen LogP contribution is -2.13. The fourth-order valence-electron chi connectivity index (χ4n) is 2.14. The van der Waals surface area contributed by atoms with Crippen molar-refractivity contribution in [2.45, 2.75) is 13.8 Å². The van der Waals surface area contributed by atoms with Gasteiger partial charge in [0.2, 0.25) is 0 Å². The number of nitriles is 1. The third-order valence-electron chi connectivity index (χ3n) is 3.24. The summed E-state index contributed by atoms with van der Waals surface area (Å²) >= 11 is 0. The zero-order valence-corrected chi connectivity index (χ0v) is 11.4. The summed E-state index contributed by atoms with van der Waals surface area (Å²) in [6, 6.07) is 13.8. The lowest BCUT2D eigenvalue weighted by molar-refractivity contribution is 1.18. The van der Waals surface area contributed by atoms with E-state index in [4.69, 9.17) is 11.0 Å². The quantitative estimate of drug-likeness (QED) is 0.831. The Kier molecular flexibility index (Phi) is 3.43. The molecule has 19 heavy (non-hydrogen) atoms. The van der Waals surface area contributed by atoms with Crippen LogP contribution >= 0.6 is 0 Å². The molecule has 0 aliphatic heterocycles. The highest BCUT2D eigenvalue weighted by Gasteiger charge is 2.10. The smallest absolute Gasteiger partial charge is 0.0992 e. The van der Waals surface area contributed by atoms with E-state index < -0.39 is 0 Å². The highest BCUT2D eigenvalue weighted by Crippen LogP contribution is 2.32. The molecular weight excluding hydrogens is 234 g/mol. The van der Waals surface area contributed by atoms with Crippen molar-refractivity contribution >= 4 is 17.1 Å². The maximum Gasteiger partial charge on any atom is 0.0992 e. The molecule has 0 radical (unpaired) electrons. The topological polar surface area (TPSA) is 53.0 Å². The zero-order chi connectivity index (χ0) is 14.0. The lowest BCUT2D eigenvalue weighted by Gasteiger charge is -2.23. The predicted molar refractivity (Wildman–Crippen MR) is 79.5 cm³/mol. The van der Waals surface area contributed by atoms with E-state index in [1.807, 2.05) is 13.1 Å². The van der Waals surface area contributed by atoms with Gasteiger partial charge in [-0.3, -0.25) is 0 Å². The second-order valence-electron chi connectivity index (χ2n) is 4.73. The first-order chi connectivity index (χ1) is 9.02. The lowest BCUT2D eigenvalue weighted by atomic mass is 10.1. The molecule has 0 unspecified atom stereocenters. The van der Waals surface area contributed by atoms with Crippen LogP contribution in [0.1, 0.15) is 16.7 Å². The molecule has 0 saturated heterocycles. The van der Waals surface area contributed by atoms with Gasteiger partial charge in [-0.15, -0.1) is 0 Å². The molecule has 0 bridgehead atoms. The minimum Gasteiger partial charge on any atom is -0.397 e. The molecule has 2 rings (SSSR count). The molecule has 0 aliphatic carbocycles. The van der Waals surface area contributed by atoms with Crippen molar-refractivity contribution in [1.29, 1.82) is 5.26 Å². The average Bonchev–Trinajstić information content (AvgIpc) is 2.40. The van der Waals surface area contributed by atoms with E-state index in [0.29, 0.717) is 11.3 Å². The summed E-state index contributed by atoms with van der Waals surface area (Å²) in [7, 11) is 1.99. The molecule has 0 aliphatic rings. The molecule has 0 fully saturated rings. The summed E-state index contributed by atoms with van der Waals surface area (Å²) in [6.45, 7) is 4.14. The van der Waals surface area contributed by atoms with Gasteiger partial charge in [0, 0.05) is 12.7 Å². The third kappa shape index (κ3) is 2.53. The summed E-state index contributed by atoms with van der Waals surface area (Å²) in [5, 5.41) is 8.87. The number of rotatable bonds is 2. The van der Waals surface area contributed by atoms with Gasteiger partial charge in [-0.2, -0.15) is 5.26 Å². The summed E-state index contributed by atoms with van der Waals surface area (Å²) in [5.74, 6) is 0. The summed E-state index contributed by atoms with van der Waals surface area (Å²) in [4.78, 5) is 2.05. The molecule has 96 valence electrons. The number of benzene rings is 2. The molecule has 0 spiro atoms. The molecule has 0 atom stereocenters. The molecule has 2 aromatic rings. The van der Waals surface area contributed by atoms with Gasteiger partial charge in [0.1, 0.15) is 0 Å². The number of anilines is 3. The van der Waals surface area contributed by atoms with Crippen molar-refractivity contribution < 1.29 is 0 Å². The number of hydrogen-bond donors (Lipinski definition) is 1. The minimum absolute atomic E-state index is 0.579. The molecule has 0 heterocycles. The maximum absolute atomic E-state index is 8.87. The molecule has 3 heteroatoms. The normalized spacial score (nSPS) is 10.0. The average molecular weight is 251 g/mol. The van der Waals surface area contributed by atoms with Crippen molar-refractivity contribution in [2.24, 2.45) is 0 Å². The van der Waals surface area contributed by atoms with Crippen molar-refractivity contribution in [3.05, 3.63) is 53.1 Å². The van der Waals surface area contributed by atoms with Crippen LogP contribution in [0.25, 0.3) is 0 Å². The van der Waals surface area contributed by atoms with Crippen LogP contribution in [-0.2, 0) is 0 Å². The van der Waals surface area contributed by atoms with Gasteiger partial charge in [-0.25, -0.2) is 0 Å². The Morgan fingerprint density at radius 1 is 1.05 bits per heavy atom. The first kappa shape index (κ1) is 13.0. The maximum atomic E-state index is 8.87. The van der Waals surface area contributed by atoms with Gasteiger partial charge >= 0.3 is 0 Å². The van der Waals surface area contributed by atoms with Crippen molar-refractivity contribution in [3.8, 4) is 6.07 Å². The van der Waals surface area contributed by atoms with E-state index in [1.165, 1.54) is 11.1 Å². The second-order valence-corrected chi connectivity index (χ2v) is 4.73. The van der Waals surface area contributed by atoms with Crippen LogP contribution in [-0.4, -0.2) is 7.05 Å². The van der Waals surface area contributed by atoms with Crippen molar-refractivity contribution in [3.63, 3.8) is 0 Å². The van der Waals surface area contributed by atoms with Crippen LogP contribution in [0.4, 0.5) is 17.1 Å². The number of hydrogen-bond acceptors (Lipinski definition) is 3. The Hall–Kier alpha value is -2.47. The molecule has 0 saturated carbocycles. The Morgan fingerprint density at radius 3 is 2.42 bits per heavy atom. The zero-order valence-electron chi connectivity index (χ0n) is 11.4. The third-order valence-corrected chi connectivity index (χ3v) is 3.24. The first-order valence-corrected chi connectivity index (χ1v) is 6.13. The molecule has 2 N–H and O–H groups in total. The van der Waals surface area contributed by atoms with Gasteiger partial charge in [-0.1, -0.05) is 12.1 Å². The van der Waals surface area contributed by atoms with Crippen LogP contribution in [0, 0.1) is 25.2 Å². The van der Waals surface area contributed by atoms with Gasteiger partial charge < -0.3 is 10.6 Å². The van der Waals surface area contributed by atoms with Crippen LogP contribution in [0.5, 0.6) is 0 Å². The molecule has 0 amide bonds. The van der Waals surface area contributed by atoms with Gasteiger partial charge in [0.05, 0.1) is 23.0 Å². The van der Waals surface area contributed by atoms with Crippen LogP contribution in [0.2, 0.25) is 0 Å². The van der Waals surface area contributed by atoms with Crippen molar-refractivity contribution in [2.75, 3.05) is 17.7 Å². The van der Waals surface area contributed by atoms with Gasteiger partial charge in [0.25, 0.3) is 0 Å². The van der Waals surface area contributed by atoms with E-state index in [0.717, 1.165) is 11.4 Å². The Labute approximate surface area is 113 Å². The fourth-order valence-corrected chi connectivity index (χ4v) is 2.14. The summed E-state index contributed by atoms with van der Waals surface area (Å²) in [6.07, 6.45) is 0. The van der Waals surface area contributed by atoms with E-state index in [2.05, 4.69) is 43.0 Å². The molecule has 3 nitrogen and oxygen atoms in total. The Balaban J connectivity index is 2.47. The van der Waals surface area contributed by atoms with Gasteiger partial charge in [0.15, 0.2) is 0 Å². The highest BCUT2D eigenvalue weighted by atomic mass is 15.1. The minimum atomic E-state index is 0.579. The highest BCUT2D eigenvalue weighted by molar-refractivity contribution is 5.77. The van der Waals surface area contributed by atoms with E-state index in [9.17, 15) is 0 Å². The predicted octanol–water partition coefficient (Wildman–Crippen LogP) is 3.53. The Bertz CT molecular complexity index is 654. The standard InChI is InChI=1S/C16H17N3/c1-11-4-5-12(2)16(8-11)19(3)15-7-6-13(10-17)9-14(15)18/h4-9H,18H2,1-3H3.